The normalized spacial score (nSPS) is 11.3. The van der Waals surface area contributed by atoms with Gasteiger partial charge in [-0.25, -0.2) is 4.79 Å². The zero-order valence-corrected chi connectivity index (χ0v) is 15.9. The molecule has 0 saturated heterocycles. The quantitative estimate of drug-likeness (QED) is 0.434. The topological polar surface area (TPSA) is 66.2 Å². The van der Waals surface area contributed by atoms with Gasteiger partial charge in [0.15, 0.2) is 5.76 Å². The lowest BCUT2D eigenvalue weighted by molar-refractivity contribution is 0.0697. The Kier molecular flexibility index (Phi) is 4.08. The van der Waals surface area contributed by atoms with Crippen LogP contribution in [0.3, 0.4) is 0 Å². The van der Waals surface area contributed by atoms with Gasteiger partial charge >= 0.3 is 5.97 Å². The molecule has 0 bridgehead atoms. The molecule has 0 fully saturated rings. The van der Waals surface area contributed by atoms with Crippen molar-refractivity contribution < 1.29 is 14.3 Å². The first-order valence-electron chi connectivity index (χ1n) is 8.58. The number of nitrogens with one attached hydrogen (secondary N) is 1. The van der Waals surface area contributed by atoms with Crippen molar-refractivity contribution in [2.75, 3.05) is 0 Å². The Morgan fingerprint density at radius 3 is 2.33 bits per heavy atom. The van der Waals surface area contributed by atoms with Crippen LogP contribution in [-0.4, -0.2) is 16.1 Å². The predicted octanol–water partition coefficient (Wildman–Crippen LogP) is 6.37. The van der Waals surface area contributed by atoms with Crippen LogP contribution in [-0.2, 0) is 0 Å². The first-order valence-corrected chi connectivity index (χ1v) is 8.96. The number of hydrogen-bond acceptors (Lipinski definition) is 2. The van der Waals surface area contributed by atoms with Crippen LogP contribution in [0.5, 0.6) is 0 Å². The number of aromatic carboxylic acids is 1. The molecule has 4 aromatic rings. The highest BCUT2D eigenvalue weighted by molar-refractivity contribution is 6.38. The van der Waals surface area contributed by atoms with Gasteiger partial charge in [-0.1, -0.05) is 29.8 Å². The number of halogens is 1. The molecule has 0 radical (unpaired) electrons. The first-order chi connectivity index (χ1) is 12.9. The van der Waals surface area contributed by atoms with Crippen molar-refractivity contribution in [2.45, 2.75) is 20.8 Å². The molecule has 0 atom stereocenters. The molecular weight excluding hydrogens is 362 g/mol. The van der Waals surface area contributed by atoms with E-state index in [9.17, 15) is 4.79 Å². The third kappa shape index (κ3) is 2.82. The van der Waals surface area contributed by atoms with Gasteiger partial charge in [-0.05, 0) is 67.3 Å². The van der Waals surface area contributed by atoms with Crippen molar-refractivity contribution >= 4 is 28.5 Å². The van der Waals surface area contributed by atoms with Crippen LogP contribution in [0.4, 0.5) is 0 Å². The maximum Gasteiger partial charge on any atom is 0.335 e. The molecule has 0 aliphatic carbocycles. The standard InChI is InChI=1S/C22H18ClNO3/c1-11-10-12(2)20-18(13(11)3)19(23)21(27-20)17-9-8-16(24-17)14-4-6-15(7-5-14)22(25)26/h4-10,24H,1-3H3,(H,25,26). The summed E-state index contributed by atoms with van der Waals surface area (Å²) in [5, 5.41) is 10.6. The average molecular weight is 380 g/mol. The Labute approximate surface area is 161 Å². The Bertz CT molecular complexity index is 1180. The summed E-state index contributed by atoms with van der Waals surface area (Å²) in [6, 6.07) is 12.7. The highest BCUT2D eigenvalue weighted by atomic mass is 35.5. The molecule has 0 unspecified atom stereocenters. The molecule has 0 aliphatic rings. The van der Waals surface area contributed by atoms with Crippen LogP contribution >= 0.6 is 11.6 Å². The van der Waals surface area contributed by atoms with Gasteiger partial charge in [0.1, 0.15) is 5.58 Å². The molecule has 136 valence electrons. The molecule has 0 saturated carbocycles. The second-order valence-electron chi connectivity index (χ2n) is 6.75. The summed E-state index contributed by atoms with van der Waals surface area (Å²) in [6.07, 6.45) is 0. The number of fused-ring (bicyclic) bond motifs is 1. The third-order valence-electron chi connectivity index (χ3n) is 4.98. The number of aromatic nitrogens is 1. The number of hydrogen-bond donors (Lipinski definition) is 2. The number of rotatable bonds is 3. The maximum absolute atomic E-state index is 11.0. The van der Waals surface area contributed by atoms with E-state index in [1.807, 2.05) is 26.0 Å². The molecule has 4 nitrogen and oxygen atoms in total. The summed E-state index contributed by atoms with van der Waals surface area (Å²) in [7, 11) is 0. The SMILES string of the molecule is Cc1cc(C)c2oc(-c3ccc(-c4ccc(C(=O)O)cc4)[nH]3)c(Cl)c2c1C. The summed E-state index contributed by atoms with van der Waals surface area (Å²) in [5.74, 6) is -0.333. The van der Waals surface area contributed by atoms with Gasteiger partial charge in [-0.15, -0.1) is 0 Å². The third-order valence-corrected chi connectivity index (χ3v) is 5.34. The van der Waals surface area contributed by atoms with Gasteiger partial charge in [0.25, 0.3) is 0 Å². The molecule has 4 rings (SSSR count). The van der Waals surface area contributed by atoms with E-state index in [1.54, 1.807) is 24.3 Å². The second kappa shape index (κ2) is 6.32. The number of H-pyrrole nitrogens is 1. The molecule has 0 spiro atoms. The molecule has 2 N–H and O–H groups in total. The van der Waals surface area contributed by atoms with Crippen molar-refractivity contribution in [1.29, 1.82) is 0 Å². The van der Waals surface area contributed by atoms with Crippen LogP contribution in [0.2, 0.25) is 5.02 Å². The maximum atomic E-state index is 11.0. The Morgan fingerprint density at radius 1 is 1.00 bits per heavy atom. The number of carboxylic acids is 1. The number of carboxylic acid groups (broad SMARTS) is 1. The second-order valence-corrected chi connectivity index (χ2v) is 7.13. The van der Waals surface area contributed by atoms with E-state index in [2.05, 4.69) is 18.0 Å². The number of carbonyl (C=O) groups is 1. The van der Waals surface area contributed by atoms with Crippen LogP contribution in [0.25, 0.3) is 33.7 Å². The summed E-state index contributed by atoms with van der Waals surface area (Å²) in [6.45, 7) is 6.13. The van der Waals surface area contributed by atoms with Gasteiger partial charge in [0.2, 0.25) is 0 Å². The largest absolute Gasteiger partial charge is 0.478 e. The van der Waals surface area contributed by atoms with Crippen molar-refractivity contribution in [1.82, 2.24) is 4.98 Å². The van der Waals surface area contributed by atoms with E-state index < -0.39 is 5.97 Å². The first kappa shape index (κ1) is 17.4. The van der Waals surface area contributed by atoms with Crippen molar-refractivity contribution in [2.24, 2.45) is 0 Å². The molecule has 27 heavy (non-hydrogen) atoms. The summed E-state index contributed by atoms with van der Waals surface area (Å²) >= 11 is 6.67. The Morgan fingerprint density at radius 2 is 1.67 bits per heavy atom. The van der Waals surface area contributed by atoms with E-state index in [0.29, 0.717) is 10.8 Å². The van der Waals surface area contributed by atoms with E-state index in [1.165, 1.54) is 5.56 Å². The fourth-order valence-corrected chi connectivity index (χ4v) is 3.75. The summed E-state index contributed by atoms with van der Waals surface area (Å²) in [4.78, 5) is 14.3. The van der Waals surface area contributed by atoms with E-state index in [0.717, 1.165) is 39.0 Å². The minimum Gasteiger partial charge on any atom is -0.478 e. The number of aromatic amines is 1. The fraction of sp³-hybridized carbons (Fsp3) is 0.136. The lowest BCUT2D eigenvalue weighted by Crippen LogP contribution is -1.94. The predicted molar refractivity (Wildman–Crippen MR) is 108 cm³/mol. The van der Waals surface area contributed by atoms with Crippen molar-refractivity contribution in [3.63, 3.8) is 0 Å². The smallest absolute Gasteiger partial charge is 0.335 e. The molecule has 5 heteroatoms. The van der Waals surface area contributed by atoms with Gasteiger partial charge in [-0.3, -0.25) is 0 Å². The Hall–Kier alpha value is -2.98. The molecule has 2 heterocycles. The van der Waals surface area contributed by atoms with Crippen LogP contribution in [0.15, 0.2) is 46.9 Å². The molecular formula is C22H18ClNO3. The zero-order valence-electron chi connectivity index (χ0n) is 15.2. The lowest BCUT2D eigenvalue weighted by atomic mass is 10.0. The van der Waals surface area contributed by atoms with Gasteiger partial charge in [0, 0.05) is 11.1 Å². The highest BCUT2D eigenvalue weighted by Gasteiger charge is 2.20. The molecule has 2 aromatic heterocycles. The minimum atomic E-state index is -0.941. The van der Waals surface area contributed by atoms with E-state index in [-0.39, 0.29) is 5.56 Å². The number of furan rings is 1. The molecule has 2 aromatic carbocycles. The van der Waals surface area contributed by atoms with E-state index in [4.69, 9.17) is 21.1 Å². The molecule has 0 amide bonds. The summed E-state index contributed by atoms with van der Waals surface area (Å²) in [5.41, 5.74) is 6.95. The van der Waals surface area contributed by atoms with Gasteiger partial charge in [0.05, 0.1) is 16.3 Å². The minimum absolute atomic E-state index is 0.257. The monoisotopic (exact) mass is 379 g/mol. The fourth-order valence-electron chi connectivity index (χ4n) is 3.38. The van der Waals surface area contributed by atoms with Crippen LogP contribution in [0, 0.1) is 20.8 Å². The number of benzene rings is 2. The zero-order chi connectivity index (χ0) is 19.3. The highest BCUT2D eigenvalue weighted by Crippen LogP contribution is 2.41. The van der Waals surface area contributed by atoms with Gasteiger partial charge < -0.3 is 14.5 Å². The Balaban J connectivity index is 1.80. The molecule has 0 aliphatic heterocycles. The van der Waals surface area contributed by atoms with Gasteiger partial charge in [-0.2, -0.15) is 0 Å². The van der Waals surface area contributed by atoms with E-state index >= 15 is 0 Å². The number of aryl methyl sites for hydroxylation is 3. The average Bonchev–Trinajstić information content (AvgIpc) is 3.25. The van der Waals surface area contributed by atoms with Crippen LogP contribution < -0.4 is 0 Å². The lowest BCUT2D eigenvalue weighted by Gasteiger charge is -2.03. The van der Waals surface area contributed by atoms with Crippen molar-refractivity contribution in [3.05, 3.63) is 69.7 Å². The van der Waals surface area contributed by atoms with Crippen molar-refractivity contribution in [3.8, 4) is 22.7 Å². The summed E-state index contributed by atoms with van der Waals surface area (Å²) < 4.78 is 6.11. The van der Waals surface area contributed by atoms with Crippen LogP contribution in [0.1, 0.15) is 27.0 Å².